The molecule has 0 fully saturated rings. The number of carbonyl (C=O) groups excluding carboxylic acids is 1. The first-order chi connectivity index (χ1) is 6.16. The third-order valence-corrected chi connectivity index (χ3v) is 2.85. The largest absolute Gasteiger partial charge is 0.482 e. The Kier molecular flexibility index (Phi) is 2.17. The lowest BCUT2D eigenvalue weighted by atomic mass is 10.2. The fourth-order valence-corrected chi connectivity index (χ4v) is 1.57. The molecule has 0 bridgehead atoms. The fraction of sp³-hybridized carbons (Fsp3) is 0.125. The summed E-state index contributed by atoms with van der Waals surface area (Å²) < 4.78 is 5.89. The predicted octanol–water partition coefficient (Wildman–Crippen LogP) is 2.43. The summed E-state index contributed by atoms with van der Waals surface area (Å²) in [6.07, 6.45) is 0. The second-order valence-electron chi connectivity index (χ2n) is 2.60. The summed E-state index contributed by atoms with van der Waals surface area (Å²) in [4.78, 5) is 10.9. The quantitative estimate of drug-likeness (QED) is 0.780. The maximum Gasteiger partial charge on any atom is 0.262 e. The molecule has 0 atom stereocenters. The monoisotopic (exact) mass is 261 g/mol. The molecule has 1 aromatic rings. The molecule has 0 spiro atoms. The van der Waals surface area contributed by atoms with Crippen molar-refractivity contribution in [3.05, 3.63) is 21.6 Å². The Labute approximate surface area is 88.2 Å². The molecule has 13 heavy (non-hydrogen) atoms. The number of anilines is 1. The van der Waals surface area contributed by atoms with Crippen LogP contribution in [0.2, 0.25) is 5.02 Å². The van der Waals surface area contributed by atoms with Gasteiger partial charge in [-0.25, -0.2) is 0 Å². The molecule has 2 rings (SSSR count). The Hall–Kier alpha value is -0.740. The Morgan fingerprint density at radius 3 is 3.08 bits per heavy atom. The lowest BCUT2D eigenvalue weighted by Gasteiger charge is -2.18. The minimum Gasteiger partial charge on any atom is -0.482 e. The zero-order valence-electron chi connectivity index (χ0n) is 6.43. The molecular formula is C8H5BrClNO2. The average Bonchev–Trinajstić information content (AvgIpc) is 2.08. The number of ether oxygens (including phenoxy) is 1. The van der Waals surface area contributed by atoms with Crippen molar-refractivity contribution in [3.8, 4) is 5.75 Å². The molecule has 3 nitrogen and oxygen atoms in total. The average molecular weight is 262 g/mol. The molecular weight excluding hydrogens is 257 g/mol. The van der Waals surface area contributed by atoms with Gasteiger partial charge in [-0.1, -0.05) is 11.6 Å². The van der Waals surface area contributed by atoms with Gasteiger partial charge < -0.3 is 10.1 Å². The summed E-state index contributed by atoms with van der Waals surface area (Å²) in [5.74, 6) is 0.453. The molecule has 0 saturated carbocycles. The van der Waals surface area contributed by atoms with Gasteiger partial charge in [0.1, 0.15) is 5.75 Å². The first-order valence-electron chi connectivity index (χ1n) is 3.58. The Morgan fingerprint density at radius 1 is 1.54 bits per heavy atom. The molecule has 68 valence electrons. The minimum atomic E-state index is -0.151. The first-order valence-corrected chi connectivity index (χ1v) is 4.75. The number of amides is 1. The molecule has 5 heteroatoms. The molecule has 1 aliphatic rings. The predicted molar refractivity (Wildman–Crippen MR) is 53.3 cm³/mol. The van der Waals surface area contributed by atoms with Gasteiger partial charge in [0.15, 0.2) is 6.61 Å². The Morgan fingerprint density at radius 2 is 2.31 bits per heavy atom. The van der Waals surface area contributed by atoms with Gasteiger partial charge in [0, 0.05) is 10.5 Å². The number of halogens is 2. The molecule has 1 amide bonds. The summed E-state index contributed by atoms with van der Waals surface area (Å²) in [6.45, 7) is 0.0466. The van der Waals surface area contributed by atoms with Crippen LogP contribution in [-0.2, 0) is 4.79 Å². The Balaban J connectivity index is 2.49. The number of rotatable bonds is 0. The van der Waals surface area contributed by atoms with Crippen molar-refractivity contribution in [3.63, 3.8) is 0 Å². The smallest absolute Gasteiger partial charge is 0.262 e. The van der Waals surface area contributed by atoms with Crippen LogP contribution in [-0.4, -0.2) is 12.5 Å². The lowest BCUT2D eigenvalue weighted by molar-refractivity contribution is -0.118. The second-order valence-corrected chi connectivity index (χ2v) is 3.86. The van der Waals surface area contributed by atoms with Crippen molar-refractivity contribution in [2.75, 3.05) is 11.9 Å². The highest BCUT2D eigenvalue weighted by Gasteiger charge is 2.17. The van der Waals surface area contributed by atoms with E-state index in [0.717, 1.165) is 4.47 Å². The van der Waals surface area contributed by atoms with Gasteiger partial charge in [-0.3, -0.25) is 4.79 Å². The van der Waals surface area contributed by atoms with Crippen molar-refractivity contribution in [1.29, 1.82) is 0 Å². The van der Waals surface area contributed by atoms with E-state index in [1.165, 1.54) is 0 Å². The summed E-state index contributed by atoms with van der Waals surface area (Å²) >= 11 is 9.10. The topological polar surface area (TPSA) is 38.3 Å². The molecule has 0 aliphatic carbocycles. The van der Waals surface area contributed by atoms with Gasteiger partial charge in [-0.15, -0.1) is 0 Å². The SMILES string of the molecule is O=C1COc2cc(Cl)c(Br)cc2N1. The molecule has 1 aliphatic heterocycles. The van der Waals surface area contributed by atoms with Crippen LogP contribution in [0.5, 0.6) is 5.75 Å². The summed E-state index contributed by atoms with van der Waals surface area (Å²) in [7, 11) is 0. The third-order valence-electron chi connectivity index (χ3n) is 1.66. The van der Waals surface area contributed by atoms with E-state index < -0.39 is 0 Å². The molecule has 0 saturated heterocycles. The van der Waals surface area contributed by atoms with E-state index in [9.17, 15) is 4.79 Å². The van der Waals surface area contributed by atoms with Crippen LogP contribution in [0, 0.1) is 0 Å². The van der Waals surface area contributed by atoms with E-state index in [1.54, 1.807) is 12.1 Å². The van der Waals surface area contributed by atoms with Crippen LogP contribution in [0.4, 0.5) is 5.69 Å². The normalized spacial score (nSPS) is 14.5. The van der Waals surface area contributed by atoms with Crippen LogP contribution in [0.1, 0.15) is 0 Å². The Bertz CT molecular complexity index is 381. The van der Waals surface area contributed by atoms with E-state index in [1.807, 2.05) is 0 Å². The van der Waals surface area contributed by atoms with Crippen molar-refractivity contribution in [2.24, 2.45) is 0 Å². The number of nitrogens with one attached hydrogen (secondary N) is 1. The lowest BCUT2D eigenvalue weighted by Crippen LogP contribution is -2.25. The molecule has 0 radical (unpaired) electrons. The van der Waals surface area contributed by atoms with Crippen molar-refractivity contribution < 1.29 is 9.53 Å². The van der Waals surface area contributed by atoms with Crippen LogP contribution in [0.25, 0.3) is 0 Å². The summed E-state index contributed by atoms with van der Waals surface area (Å²) in [6, 6.07) is 3.38. The van der Waals surface area contributed by atoms with Gasteiger partial charge in [0.05, 0.1) is 10.7 Å². The molecule has 0 unspecified atom stereocenters. The summed E-state index contributed by atoms with van der Waals surface area (Å²) in [5.41, 5.74) is 0.646. The van der Waals surface area contributed by atoms with Crippen LogP contribution < -0.4 is 10.1 Å². The zero-order valence-corrected chi connectivity index (χ0v) is 8.78. The fourth-order valence-electron chi connectivity index (χ4n) is 1.08. The maximum absolute atomic E-state index is 10.9. The standard InChI is InChI=1S/C8H5BrClNO2/c9-4-1-6-7(2-5(4)10)13-3-8(12)11-6/h1-2H,3H2,(H,11,12). The summed E-state index contributed by atoms with van der Waals surface area (Å²) in [5, 5.41) is 3.24. The number of hydrogen-bond donors (Lipinski definition) is 1. The highest BCUT2D eigenvalue weighted by Crippen LogP contribution is 2.35. The van der Waals surface area contributed by atoms with Gasteiger partial charge in [0.25, 0.3) is 5.91 Å². The van der Waals surface area contributed by atoms with E-state index in [2.05, 4.69) is 21.2 Å². The number of fused-ring (bicyclic) bond motifs is 1. The maximum atomic E-state index is 10.9. The van der Waals surface area contributed by atoms with Crippen molar-refractivity contribution in [2.45, 2.75) is 0 Å². The van der Waals surface area contributed by atoms with Crippen LogP contribution in [0.3, 0.4) is 0 Å². The third kappa shape index (κ3) is 1.64. The van der Waals surface area contributed by atoms with E-state index in [-0.39, 0.29) is 12.5 Å². The van der Waals surface area contributed by atoms with E-state index >= 15 is 0 Å². The van der Waals surface area contributed by atoms with E-state index in [4.69, 9.17) is 16.3 Å². The highest BCUT2D eigenvalue weighted by atomic mass is 79.9. The molecule has 1 heterocycles. The van der Waals surface area contributed by atoms with Gasteiger partial charge in [0.2, 0.25) is 0 Å². The number of carbonyl (C=O) groups is 1. The first kappa shape index (κ1) is 8.84. The number of hydrogen-bond acceptors (Lipinski definition) is 2. The highest BCUT2D eigenvalue weighted by molar-refractivity contribution is 9.10. The van der Waals surface area contributed by atoms with Gasteiger partial charge >= 0.3 is 0 Å². The molecule has 1 N–H and O–H groups in total. The van der Waals surface area contributed by atoms with Crippen LogP contribution in [0.15, 0.2) is 16.6 Å². The molecule has 1 aromatic carbocycles. The van der Waals surface area contributed by atoms with Gasteiger partial charge in [-0.05, 0) is 22.0 Å². The van der Waals surface area contributed by atoms with Crippen LogP contribution >= 0.6 is 27.5 Å². The minimum absolute atomic E-state index is 0.0466. The second kappa shape index (κ2) is 3.20. The van der Waals surface area contributed by atoms with Crippen molar-refractivity contribution >= 4 is 39.1 Å². The van der Waals surface area contributed by atoms with E-state index in [0.29, 0.717) is 16.5 Å². The zero-order chi connectivity index (χ0) is 9.42. The molecule has 0 aromatic heterocycles. The van der Waals surface area contributed by atoms with Crippen molar-refractivity contribution in [1.82, 2.24) is 0 Å². The number of benzene rings is 1. The van der Waals surface area contributed by atoms with Gasteiger partial charge in [-0.2, -0.15) is 0 Å².